The van der Waals surface area contributed by atoms with E-state index in [0.717, 1.165) is 18.7 Å². The maximum absolute atomic E-state index is 11.3. The topological polar surface area (TPSA) is 69.8 Å². The minimum Gasteiger partial charge on any atom is -0.508 e. The second-order valence-corrected chi connectivity index (χ2v) is 5.41. The zero-order valence-corrected chi connectivity index (χ0v) is 12.3. The summed E-state index contributed by atoms with van der Waals surface area (Å²) < 4.78 is 0. The normalized spacial score (nSPS) is 17.8. The summed E-state index contributed by atoms with van der Waals surface area (Å²) >= 11 is 5.18. The van der Waals surface area contributed by atoms with Crippen LogP contribution in [0.2, 0.25) is 0 Å². The van der Waals surface area contributed by atoms with E-state index in [4.69, 9.17) is 18.0 Å². The Kier molecular flexibility index (Phi) is 4.57. The number of phenols is 1. The van der Waals surface area contributed by atoms with Crippen LogP contribution in [0.3, 0.4) is 0 Å². The van der Waals surface area contributed by atoms with E-state index in [1.807, 2.05) is 11.0 Å². The van der Waals surface area contributed by atoms with Gasteiger partial charge in [0, 0.05) is 33.1 Å². The Morgan fingerprint density at radius 1 is 1.35 bits per heavy atom. The maximum Gasteiger partial charge on any atom is 0.219 e. The highest BCUT2D eigenvalue weighted by Crippen LogP contribution is 2.25. The Hall–Kier alpha value is -1.66. The summed E-state index contributed by atoms with van der Waals surface area (Å²) in [6.07, 6.45) is 0. The number of amides is 1. The Bertz CT molecular complexity index is 513. The number of benzene rings is 1. The van der Waals surface area contributed by atoms with Crippen LogP contribution in [0.25, 0.3) is 0 Å². The molecule has 1 heterocycles. The van der Waals surface area contributed by atoms with Crippen LogP contribution >= 0.6 is 12.2 Å². The number of nitrogens with zero attached hydrogens (tertiary/aromatic N) is 2. The molecule has 0 bridgehead atoms. The third-order valence-corrected chi connectivity index (χ3v) is 3.80. The molecule has 1 saturated heterocycles. The van der Waals surface area contributed by atoms with Gasteiger partial charge in [0.25, 0.3) is 0 Å². The van der Waals surface area contributed by atoms with E-state index in [2.05, 4.69) is 4.90 Å². The van der Waals surface area contributed by atoms with Gasteiger partial charge in [-0.1, -0.05) is 24.4 Å². The summed E-state index contributed by atoms with van der Waals surface area (Å²) in [4.78, 5) is 15.7. The van der Waals surface area contributed by atoms with E-state index in [9.17, 15) is 9.90 Å². The molecule has 5 nitrogen and oxygen atoms in total. The zero-order chi connectivity index (χ0) is 14.7. The molecule has 0 aliphatic carbocycles. The van der Waals surface area contributed by atoms with Gasteiger partial charge in [0.05, 0.1) is 11.0 Å². The van der Waals surface area contributed by atoms with E-state index >= 15 is 0 Å². The third-order valence-electron chi connectivity index (χ3n) is 3.58. The van der Waals surface area contributed by atoms with Crippen LogP contribution in [0.4, 0.5) is 0 Å². The molecule has 0 spiro atoms. The van der Waals surface area contributed by atoms with Crippen LogP contribution in [0.5, 0.6) is 5.75 Å². The van der Waals surface area contributed by atoms with Crippen molar-refractivity contribution in [3.8, 4) is 5.75 Å². The molecule has 0 saturated carbocycles. The summed E-state index contributed by atoms with van der Waals surface area (Å²) in [6, 6.07) is 6.78. The summed E-state index contributed by atoms with van der Waals surface area (Å²) in [5.74, 6) is 0.292. The lowest BCUT2D eigenvalue weighted by atomic mass is 10.0. The number of hydrogen-bond acceptors (Lipinski definition) is 4. The molecule has 20 heavy (non-hydrogen) atoms. The molecule has 6 heteroatoms. The van der Waals surface area contributed by atoms with Crippen LogP contribution in [0.1, 0.15) is 18.5 Å². The number of phenolic OH excluding ortho intramolecular Hbond substituents is 1. The maximum atomic E-state index is 11.3. The van der Waals surface area contributed by atoms with Crippen LogP contribution in [0, 0.1) is 0 Å². The number of carbonyl (C=O) groups excluding carboxylic acids is 1. The van der Waals surface area contributed by atoms with Crippen LogP contribution in [0.15, 0.2) is 24.3 Å². The van der Waals surface area contributed by atoms with Crippen molar-refractivity contribution in [2.24, 2.45) is 5.73 Å². The highest BCUT2D eigenvalue weighted by atomic mass is 32.1. The van der Waals surface area contributed by atoms with Crippen LogP contribution in [-0.4, -0.2) is 52.0 Å². The number of hydrogen-bond donors (Lipinski definition) is 2. The molecule has 1 aliphatic rings. The second-order valence-electron chi connectivity index (χ2n) is 4.94. The molecule has 1 unspecified atom stereocenters. The van der Waals surface area contributed by atoms with Crippen LogP contribution in [-0.2, 0) is 4.79 Å². The number of aromatic hydroxyl groups is 1. The minimum atomic E-state index is -0.203. The number of thiocarbonyl (C=S) groups is 1. The fourth-order valence-corrected chi connectivity index (χ4v) is 2.83. The Labute approximate surface area is 124 Å². The molecule has 2 rings (SSSR count). The fourth-order valence-electron chi connectivity index (χ4n) is 2.54. The lowest BCUT2D eigenvalue weighted by Crippen LogP contribution is -2.51. The number of carbonyl (C=O) groups is 1. The molecule has 1 aromatic rings. The second kappa shape index (κ2) is 6.19. The Balaban J connectivity index is 2.15. The van der Waals surface area contributed by atoms with E-state index in [0.29, 0.717) is 18.1 Å². The van der Waals surface area contributed by atoms with Gasteiger partial charge in [0.2, 0.25) is 5.91 Å². The van der Waals surface area contributed by atoms with Gasteiger partial charge in [0.15, 0.2) is 0 Å². The number of piperazine rings is 1. The van der Waals surface area contributed by atoms with Gasteiger partial charge in [-0.3, -0.25) is 9.69 Å². The molecule has 0 radical (unpaired) electrons. The first-order valence-electron chi connectivity index (χ1n) is 6.57. The van der Waals surface area contributed by atoms with Gasteiger partial charge in [-0.2, -0.15) is 0 Å². The van der Waals surface area contributed by atoms with Crippen molar-refractivity contribution < 1.29 is 9.90 Å². The molecule has 1 aromatic carbocycles. The summed E-state index contributed by atoms with van der Waals surface area (Å²) in [5, 5.41) is 9.60. The summed E-state index contributed by atoms with van der Waals surface area (Å²) in [7, 11) is 0. The molecule has 1 amide bonds. The molecule has 108 valence electrons. The Morgan fingerprint density at radius 2 is 2.00 bits per heavy atom. The SMILES string of the molecule is CC(=O)N1CCN(C(C(N)=S)c2cccc(O)c2)CC1. The summed E-state index contributed by atoms with van der Waals surface area (Å²) in [5.41, 5.74) is 6.75. The molecule has 1 fully saturated rings. The number of nitrogens with two attached hydrogens (primary N) is 1. The van der Waals surface area contributed by atoms with Crippen molar-refractivity contribution in [1.29, 1.82) is 0 Å². The van der Waals surface area contributed by atoms with Crippen molar-refractivity contribution in [2.75, 3.05) is 26.2 Å². The standard InChI is InChI=1S/C14H19N3O2S/c1-10(18)16-5-7-17(8-6-16)13(14(15)20)11-3-2-4-12(19)9-11/h2-4,9,13,19H,5-8H2,1H3,(H2,15,20). The highest BCUT2D eigenvalue weighted by Gasteiger charge is 2.27. The van der Waals surface area contributed by atoms with Crippen molar-refractivity contribution in [2.45, 2.75) is 13.0 Å². The molecule has 1 atom stereocenters. The monoisotopic (exact) mass is 293 g/mol. The van der Waals surface area contributed by atoms with Crippen molar-refractivity contribution in [3.05, 3.63) is 29.8 Å². The van der Waals surface area contributed by atoms with Crippen LogP contribution < -0.4 is 5.73 Å². The van der Waals surface area contributed by atoms with E-state index in [1.54, 1.807) is 25.1 Å². The summed E-state index contributed by atoms with van der Waals surface area (Å²) in [6.45, 7) is 4.37. The van der Waals surface area contributed by atoms with E-state index in [1.165, 1.54) is 0 Å². The first-order valence-corrected chi connectivity index (χ1v) is 6.97. The molecular formula is C14H19N3O2S. The molecule has 0 aromatic heterocycles. The quantitative estimate of drug-likeness (QED) is 0.810. The average molecular weight is 293 g/mol. The van der Waals surface area contributed by atoms with Crippen molar-refractivity contribution in [1.82, 2.24) is 9.80 Å². The van der Waals surface area contributed by atoms with Crippen molar-refractivity contribution >= 4 is 23.1 Å². The van der Waals surface area contributed by atoms with Gasteiger partial charge in [0.1, 0.15) is 5.75 Å². The first-order chi connectivity index (χ1) is 9.49. The van der Waals surface area contributed by atoms with Crippen molar-refractivity contribution in [3.63, 3.8) is 0 Å². The van der Waals surface area contributed by atoms with Gasteiger partial charge in [-0.25, -0.2) is 0 Å². The molecule has 1 aliphatic heterocycles. The minimum absolute atomic E-state index is 0.0916. The smallest absolute Gasteiger partial charge is 0.219 e. The van der Waals surface area contributed by atoms with Gasteiger partial charge in [-0.05, 0) is 17.7 Å². The lowest BCUT2D eigenvalue weighted by Gasteiger charge is -2.38. The predicted molar refractivity (Wildman–Crippen MR) is 81.5 cm³/mol. The number of rotatable bonds is 3. The lowest BCUT2D eigenvalue weighted by molar-refractivity contribution is -0.130. The van der Waals surface area contributed by atoms with Gasteiger partial charge < -0.3 is 15.7 Å². The largest absolute Gasteiger partial charge is 0.508 e. The first kappa shape index (κ1) is 14.7. The Morgan fingerprint density at radius 3 is 2.50 bits per heavy atom. The predicted octanol–water partition coefficient (Wildman–Crippen LogP) is 0.884. The molecule has 3 N–H and O–H groups in total. The zero-order valence-electron chi connectivity index (χ0n) is 11.5. The highest BCUT2D eigenvalue weighted by molar-refractivity contribution is 7.80. The van der Waals surface area contributed by atoms with Gasteiger partial charge >= 0.3 is 0 Å². The molecular weight excluding hydrogens is 274 g/mol. The average Bonchev–Trinajstić information content (AvgIpc) is 2.39. The van der Waals surface area contributed by atoms with Gasteiger partial charge in [-0.15, -0.1) is 0 Å². The van der Waals surface area contributed by atoms with E-state index < -0.39 is 0 Å². The van der Waals surface area contributed by atoms with E-state index in [-0.39, 0.29) is 17.7 Å². The fraction of sp³-hybridized carbons (Fsp3) is 0.429. The third kappa shape index (κ3) is 3.26.